The third kappa shape index (κ3) is 7.27. The van der Waals surface area contributed by atoms with Crippen LogP contribution in [0.2, 0.25) is 0 Å². The van der Waals surface area contributed by atoms with Crippen molar-refractivity contribution in [1.29, 1.82) is 0 Å². The number of benzene rings is 2. The van der Waals surface area contributed by atoms with Gasteiger partial charge in [-0.2, -0.15) is 0 Å². The van der Waals surface area contributed by atoms with Gasteiger partial charge in [0.05, 0.1) is 6.10 Å². The van der Waals surface area contributed by atoms with Crippen molar-refractivity contribution in [3.05, 3.63) is 82.9 Å². The number of carboxylic acid groups (broad SMARTS) is 2. The highest BCUT2D eigenvalue weighted by Gasteiger charge is 2.28. The monoisotopic (exact) mass is 451 g/mol. The van der Waals surface area contributed by atoms with Crippen molar-refractivity contribution in [3.63, 3.8) is 0 Å². The van der Waals surface area contributed by atoms with Crippen LogP contribution >= 0.6 is 0 Å². The van der Waals surface area contributed by atoms with Gasteiger partial charge in [0.15, 0.2) is 0 Å². The molecule has 33 heavy (non-hydrogen) atoms. The van der Waals surface area contributed by atoms with Crippen LogP contribution in [0, 0.1) is 0 Å². The normalized spacial score (nSPS) is 16.9. The largest absolute Gasteiger partial charge is 0.478 e. The summed E-state index contributed by atoms with van der Waals surface area (Å²) < 4.78 is 6.76. The summed E-state index contributed by atoms with van der Waals surface area (Å²) in [5.74, 6) is -2.51. The highest BCUT2D eigenvalue weighted by molar-refractivity contribution is 5.89. The number of likely N-dealkylation sites (tertiary alicyclic amines) is 1. The summed E-state index contributed by atoms with van der Waals surface area (Å²) in [7, 11) is 0. The molecule has 0 unspecified atom stereocenters. The van der Waals surface area contributed by atoms with E-state index in [1.165, 1.54) is 48.3 Å². The molecule has 176 valence electrons. The van der Waals surface area contributed by atoms with E-state index in [0.717, 1.165) is 25.7 Å². The number of hydrogen-bond donors (Lipinski definition) is 2. The van der Waals surface area contributed by atoms with Gasteiger partial charge in [-0.25, -0.2) is 9.59 Å². The van der Waals surface area contributed by atoms with Gasteiger partial charge < -0.3 is 19.8 Å². The summed E-state index contributed by atoms with van der Waals surface area (Å²) in [5, 5.41) is 15.6. The number of aliphatic carboxylic acids is 2. The fourth-order valence-corrected chi connectivity index (χ4v) is 4.54. The van der Waals surface area contributed by atoms with Gasteiger partial charge in [-0.15, -0.1) is 0 Å². The van der Waals surface area contributed by atoms with Crippen LogP contribution in [0.1, 0.15) is 54.5 Å². The maximum Gasteiger partial charge on any atom is 0.328 e. The molecular formula is C27H33NO5. The van der Waals surface area contributed by atoms with Gasteiger partial charge >= 0.3 is 11.9 Å². The van der Waals surface area contributed by atoms with Gasteiger partial charge in [-0.3, -0.25) is 0 Å². The molecule has 0 spiro atoms. The lowest BCUT2D eigenvalue weighted by Crippen LogP contribution is -2.38. The lowest BCUT2D eigenvalue weighted by atomic mass is 9.96. The van der Waals surface area contributed by atoms with E-state index < -0.39 is 11.9 Å². The summed E-state index contributed by atoms with van der Waals surface area (Å²) in [4.78, 5) is 21.7. The second-order valence-corrected chi connectivity index (χ2v) is 8.46. The molecule has 2 aromatic rings. The van der Waals surface area contributed by atoms with Crippen LogP contribution in [0.25, 0.3) is 0 Å². The third-order valence-corrected chi connectivity index (χ3v) is 6.11. The van der Waals surface area contributed by atoms with Gasteiger partial charge in [0, 0.05) is 25.2 Å². The molecule has 0 aromatic heterocycles. The highest BCUT2D eigenvalue weighted by atomic mass is 16.5. The molecule has 0 amide bonds. The number of rotatable bonds is 6. The van der Waals surface area contributed by atoms with Crippen molar-refractivity contribution in [2.24, 2.45) is 0 Å². The van der Waals surface area contributed by atoms with Gasteiger partial charge in [-0.05, 0) is 60.9 Å². The Morgan fingerprint density at radius 3 is 1.85 bits per heavy atom. The standard InChI is InChI=1S/C23H29NO.C4H4O4/c1-2-15-24-16-13-20(14-17-24)25-23-21-9-5-3-7-18(21)11-12-19-8-4-6-10-22(19)23;5-3(6)1-2-4(7)8/h3-10,20,23H,2,11-17H2,1H3;1-2H,(H,5,6)(H,7,8)/b;2-1-. The molecule has 2 aliphatic rings. The summed E-state index contributed by atoms with van der Waals surface area (Å²) in [6, 6.07) is 17.7. The van der Waals surface area contributed by atoms with Crippen molar-refractivity contribution in [2.75, 3.05) is 19.6 Å². The van der Waals surface area contributed by atoms with Gasteiger partial charge in [0.1, 0.15) is 6.10 Å². The summed E-state index contributed by atoms with van der Waals surface area (Å²) in [6.45, 7) is 5.84. The van der Waals surface area contributed by atoms with E-state index in [-0.39, 0.29) is 6.10 Å². The molecule has 1 saturated heterocycles. The summed E-state index contributed by atoms with van der Waals surface area (Å²) in [6.07, 6.45) is 7.36. The van der Waals surface area contributed by atoms with Crippen LogP contribution in [0.5, 0.6) is 0 Å². The third-order valence-electron chi connectivity index (χ3n) is 6.11. The fraction of sp³-hybridized carbons (Fsp3) is 0.407. The first-order valence-corrected chi connectivity index (χ1v) is 11.6. The Labute approximate surface area is 195 Å². The van der Waals surface area contributed by atoms with Crippen molar-refractivity contribution >= 4 is 11.9 Å². The molecule has 1 fully saturated rings. The first kappa shape index (κ1) is 24.7. The van der Waals surface area contributed by atoms with E-state index in [4.69, 9.17) is 14.9 Å². The van der Waals surface area contributed by atoms with Crippen molar-refractivity contribution in [1.82, 2.24) is 4.90 Å². The van der Waals surface area contributed by atoms with Gasteiger partial charge in [0.25, 0.3) is 0 Å². The number of ether oxygens (including phenoxy) is 1. The molecule has 0 radical (unpaired) electrons. The number of piperidine rings is 1. The van der Waals surface area contributed by atoms with Gasteiger partial charge in [-0.1, -0.05) is 55.5 Å². The summed E-state index contributed by atoms with van der Waals surface area (Å²) >= 11 is 0. The van der Waals surface area contributed by atoms with E-state index >= 15 is 0 Å². The van der Waals surface area contributed by atoms with E-state index in [1.807, 2.05) is 0 Å². The zero-order chi connectivity index (χ0) is 23.6. The van der Waals surface area contributed by atoms with E-state index in [0.29, 0.717) is 18.3 Å². The minimum absolute atomic E-state index is 0.0950. The summed E-state index contributed by atoms with van der Waals surface area (Å²) in [5.41, 5.74) is 5.66. The van der Waals surface area contributed by atoms with E-state index in [1.54, 1.807) is 0 Å². The van der Waals surface area contributed by atoms with Crippen molar-refractivity contribution in [2.45, 2.75) is 51.2 Å². The average Bonchev–Trinajstić information content (AvgIpc) is 2.97. The Kier molecular flexibility index (Phi) is 9.22. The minimum Gasteiger partial charge on any atom is -0.478 e. The number of carboxylic acids is 2. The van der Waals surface area contributed by atoms with Crippen LogP contribution in [-0.2, 0) is 27.2 Å². The highest BCUT2D eigenvalue weighted by Crippen LogP contribution is 2.37. The number of carbonyl (C=O) groups is 2. The topological polar surface area (TPSA) is 87.1 Å². The fourth-order valence-electron chi connectivity index (χ4n) is 4.54. The first-order valence-electron chi connectivity index (χ1n) is 11.6. The molecule has 0 bridgehead atoms. The molecule has 6 heteroatoms. The quantitative estimate of drug-likeness (QED) is 0.630. The van der Waals surface area contributed by atoms with E-state index in [9.17, 15) is 9.59 Å². The molecule has 0 atom stereocenters. The second kappa shape index (κ2) is 12.3. The molecule has 4 rings (SSSR count). The van der Waals surface area contributed by atoms with Crippen LogP contribution in [0.4, 0.5) is 0 Å². The van der Waals surface area contributed by atoms with Crippen LogP contribution in [0.15, 0.2) is 60.7 Å². The van der Waals surface area contributed by atoms with Crippen molar-refractivity contribution in [3.8, 4) is 0 Å². The molecule has 1 aliphatic heterocycles. The smallest absolute Gasteiger partial charge is 0.328 e. The van der Waals surface area contributed by atoms with Crippen molar-refractivity contribution < 1.29 is 24.5 Å². The van der Waals surface area contributed by atoms with Crippen LogP contribution < -0.4 is 0 Å². The molecule has 1 heterocycles. The lowest BCUT2D eigenvalue weighted by molar-refractivity contribution is -0.134. The Bertz CT molecular complexity index is 899. The Morgan fingerprint density at radius 2 is 1.39 bits per heavy atom. The Morgan fingerprint density at radius 1 is 0.909 bits per heavy atom. The maximum absolute atomic E-state index is 9.55. The predicted molar refractivity (Wildman–Crippen MR) is 127 cm³/mol. The molecule has 1 aliphatic carbocycles. The zero-order valence-electron chi connectivity index (χ0n) is 19.2. The molecule has 0 saturated carbocycles. The second-order valence-electron chi connectivity index (χ2n) is 8.46. The molecule has 6 nitrogen and oxygen atoms in total. The minimum atomic E-state index is -1.26. The Balaban J connectivity index is 0.000000331. The first-order chi connectivity index (χ1) is 16.0. The van der Waals surface area contributed by atoms with E-state index in [2.05, 4.69) is 60.4 Å². The van der Waals surface area contributed by atoms with Gasteiger partial charge in [0.2, 0.25) is 0 Å². The predicted octanol–water partition coefficient (Wildman–Crippen LogP) is 4.48. The Hall–Kier alpha value is -2.96. The lowest BCUT2D eigenvalue weighted by Gasteiger charge is -2.34. The molecular weight excluding hydrogens is 418 g/mol. The number of nitrogens with zero attached hydrogens (tertiary/aromatic N) is 1. The zero-order valence-corrected chi connectivity index (χ0v) is 19.2. The van der Waals surface area contributed by atoms with Crippen LogP contribution in [-0.4, -0.2) is 52.8 Å². The van der Waals surface area contributed by atoms with Crippen LogP contribution in [0.3, 0.4) is 0 Å². The molecule has 2 aromatic carbocycles. The number of aryl methyl sites for hydroxylation is 2. The number of fused-ring (bicyclic) bond motifs is 2. The maximum atomic E-state index is 9.55. The SMILES string of the molecule is CCCN1CCC(OC2c3ccccc3CCc3ccccc32)CC1.O=C(O)/C=C\C(=O)O. The average molecular weight is 452 g/mol. The number of hydrogen-bond acceptors (Lipinski definition) is 4. The molecule has 2 N–H and O–H groups in total.